The largest absolute Gasteiger partial charge is 0.334 e. The molecular formula is C13H16BrClN2O. The minimum Gasteiger partial charge on any atom is -0.334 e. The average Bonchev–Trinajstić information content (AvgIpc) is 2.41. The Morgan fingerprint density at radius 3 is 2.94 bits per heavy atom. The van der Waals surface area contributed by atoms with Crippen LogP contribution >= 0.6 is 27.5 Å². The van der Waals surface area contributed by atoms with Crippen LogP contribution in [-0.2, 0) is 0 Å². The molecule has 1 aromatic carbocycles. The Bertz CT molecular complexity index is 453. The van der Waals surface area contributed by atoms with E-state index in [1.54, 1.807) is 18.2 Å². The molecule has 1 fully saturated rings. The molecule has 98 valence electrons. The molecule has 0 aromatic heterocycles. The first-order valence-electron chi connectivity index (χ1n) is 6.09. The monoisotopic (exact) mass is 330 g/mol. The smallest absolute Gasteiger partial charge is 0.254 e. The van der Waals surface area contributed by atoms with E-state index in [1.165, 1.54) is 0 Å². The predicted molar refractivity (Wildman–Crippen MR) is 76.9 cm³/mol. The number of hydrogen-bond donors (Lipinski definition) is 1. The summed E-state index contributed by atoms with van der Waals surface area (Å²) >= 11 is 9.35. The molecule has 1 unspecified atom stereocenters. The predicted octanol–water partition coefficient (Wildman–Crippen LogP) is 3.06. The lowest BCUT2D eigenvalue weighted by atomic mass is 10.0. The van der Waals surface area contributed by atoms with Crippen LogP contribution in [0.5, 0.6) is 0 Å². The fraction of sp³-hybridized carbons (Fsp3) is 0.462. The summed E-state index contributed by atoms with van der Waals surface area (Å²) < 4.78 is 0.801. The second kappa shape index (κ2) is 6.04. The van der Waals surface area contributed by atoms with Gasteiger partial charge in [0, 0.05) is 29.2 Å². The van der Waals surface area contributed by atoms with Gasteiger partial charge in [0.15, 0.2) is 0 Å². The molecular weight excluding hydrogens is 316 g/mol. The van der Waals surface area contributed by atoms with Crippen LogP contribution in [0.1, 0.15) is 29.6 Å². The number of likely N-dealkylation sites (tertiary alicyclic amines) is 1. The van der Waals surface area contributed by atoms with Crippen molar-refractivity contribution in [3.8, 4) is 0 Å². The van der Waals surface area contributed by atoms with E-state index in [-0.39, 0.29) is 11.9 Å². The van der Waals surface area contributed by atoms with Gasteiger partial charge in [-0.3, -0.25) is 4.79 Å². The zero-order valence-corrected chi connectivity index (χ0v) is 12.4. The van der Waals surface area contributed by atoms with Gasteiger partial charge in [-0.15, -0.1) is 0 Å². The standard InChI is InChI=1S/C13H16BrClN2O/c14-11-5-4-9(7-12(11)15)13(18)17-6-2-1-3-10(17)8-16/h4-5,7,10H,1-3,6,8,16H2. The summed E-state index contributed by atoms with van der Waals surface area (Å²) in [6.45, 7) is 1.31. The molecule has 2 rings (SSSR count). The lowest BCUT2D eigenvalue weighted by molar-refractivity contribution is 0.0623. The fourth-order valence-corrected chi connectivity index (χ4v) is 2.74. The van der Waals surface area contributed by atoms with Crippen LogP contribution in [0.25, 0.3) is 0 Å². The Balaban J connectivity index is 2.21. The lowest BCUT2D eigenvalue weighted by Gasteiger charge is -2.35. The normalized spacial score (nSPS) is 19.9. The zero-order chi connectivity index (χ0) is 13.1. The van der Waals surface area contributed by atoms with E-state index >= 15 is 0 Å². The van der Waals surface area contributed by atoms with Crippen molar-refractivity contribution in [3.63, 3.8) is 0 Å². The maximum atomic E-state index is 12.4. The van der Waals surface area contributed by atoms with Gasteiger partial charge in [-0.1, -0.05) is 11.6 Å². The number of carbonyl (C=O) groups is 1. The topological polar surface area (TPSA) is 46.3 Å². The van der Waals surface area contributed by atoms with Gasteiger partial charge in [0.25, 0.3) is 5.91 Å². The van der Waals surface area contributed by atoms with Gasteiger partial charge in [0.05, 0.1) is 5.02 Å². The number of benzene rings is 1. The van der Waals surface area contributed by atoms with E-state index in [4.69, 9.17) is 17.3 Å². The van der Waals surface area contributed by atoms with Crippen molar-refractivity contribution in [3.05, 3.63) is 33.3 Å². The first kappa shape index (κ1) is 13.8. The molecule has 0 radical (unpaired) electrons. The molecule has 1 saturated heterocycles. The number of hydrogen-bond acceptors (Lipinski definition) is 2. The third-order valence-electron chi connectivity index (χ3n) is 3.33. The SMILES string of the molecule is NCC1CCCCN1C(=O)c1ccc(Br)c(Cl)c1. The number of nitrogens with two attached hydrogens (primary N) is 1. The Morgan fingerprint density at radius 1 is 1.50 bits per heavy atom. The highest BCUT2D eigenvalue weighted by atomic mass is 79.9. The second-order valence-corrected chi connectivity index (χ2v) is 5.77. The number of amides is 1. The molecule has 1 atom stereocenters. The van der Waals surface area contributed by atoms with Crippen LogP contribution in [0.15, 0.2) is 22.7 Å². The van der Waals surface area contributed by atoms with Crippen LogP contribution < -0.4 is 5.73 Å². The van der Waals surface area contributed by atoms with Gasteiger partial charge in [-0.2, -0.15) is 0 Å². The highest BCUT2D eigenvalue weighted by Crippen LogP contribution is 2.25. The highest BCUT2D eigenvalue weighted by Gasteiger charge is 2.26. The van der Waals surface area contributed by atoms with E-state index in [2.05, 4.69) is 15.9 Å². The van der Waals surface area contributed by atoms with Crippen LogP contribution in [0.2, 0.25) is 5.02 Å². The van der Waals surface area contributed by atoms with Gasteiger partial charge in [0.1, 0.15) is 0 Å². The number of rotatable bonds is 2. The molecule has 1 amide bonds. The van der Waals surface area contributed by atoms with Crippen molar-refractivity contribution in [2.24, 2.45) is 5.73 Å². The van der Waals surface area contributed by atoms with Crippen molar-refractivity contribution >= 4 is 33.4 Å². The molecule has 18 heavy (non-hydrogen) atoms. The number of halogens is 2. The molecule has 2 N–H and O–H groups in total. The van der Waals surface area contributed by atoms with Gasteiger partial charge >= 0.3 is 0 Å². The van der Waals surface area contributed by atoms with Gasteiger partial charge in [0.2, 0.25) is 0 Å². The van der Waals surface area contributed by atoms with Crippen LogP contribution in [-0.4, -0.2) is 29.9 Å². The van der Waals surface area contributed by atoms with Crippen molar-refractivity contribution in [1.29, 1.82) is 0 Å². The summed E-state index contributed by atoms with van der Waals surface area (Å²) in [4.78, 5) is 14.3. The first-order chi connectivity index (χ1) is 8.63. The summed E-state index contributed by atoms with van der Waals surface area (Å²) in [5.41, 5.74) is 6.36. The molecule has 3 nitrogen and oxygen atoms in total. The Kier molecular flexibility index (Phi) is 4.65. The summed E-state index contributed by atoms with van der Waals surface area (Å²) in [5, 5.41) is 0.558. The summed E-state index contributed by atoms with van der Waals surface area (Å²) in [6, 6.07) is 5.46. The molecule has 1 aliphatic rings. The van der Waals surface area contributed by atoms with E-state index < -0.39 is 0 Å². The Hall–Kier alpha value is -0.580. The highest BCUT2D eigenvalue weighted by molar-refractivity contribution is 9.10. The third-order valence-corrected chi connectivity index (χ3v) is 4.56. The third kappa shape index (κ3) is 2.87. The van der Waals surface area contributed by atoms with Gasteiger partial charge < -0.3 is 10.6 Å². The molecule has 0 aliphatic carbocycles. The Labute approximate surface area is 120 Å². The fourth-order valence-electron chi connectivity index (χ4n) is 2.31. The molecule has 1 heterocycles. The Morgan fingerprint density at radius 2 is 2.28 bits per heavy atom. The minimum atomic E-state index is 0.0274. The van der Waals surface area contributed by atoms with E-state index in [0.717, 1.165) is 30.3 Å². The summed E-state index contributed by atoms with van der Waals surface area (Å²) in [6.07, 6.45) is 3.19. The van der Waals surface area contributed by atoms with E-state index in [9.17, 15) is 4.79 Å². The molecule has 1 aromatic rings. The molecule has 5 heteroatoms. The number of carbonyl (C=O) groups excluding carboxylic acids is 1. The van der Waals surface area contributed by atoms with Crippen molar-refractivity contribution in [2.45, 2.75) is 25.3 Å². The van der Waals surface area contributed by atoms with Crippen molar-refractivity contribution in [2.75, 3.05) is 13.1 Å². The molecule has 0 saturated carbocycles. The van der Waals surface area contributed by atoms with Crippen LogP contribution in [0.3, 0.4) is 0 Å². The number of nitrogens with zero attached hydrogens (tertiary/aromatic N) is 1. The molecule has 1 aliphatic heterocycles. The molecule has 0 spiro atoms. The zero-order valence-electron chi connectivity index (χ0n) is 10.0. The summed E-state index contributed by atoms with van der Waals surface area (Å²) in [7, 11) is 0. The molecule has 0 bridgehead atoms. The van der Waals surface area contributed by atoms with Crippen molar-refractivity contribution < 1.29 is 4.79 Å². The van der Waals surface area contributed by atoms with E-state index in [0.29, 0.717) is 17.1 Å². The quantitative estimate of drug-likeness (QED) is 0.905. The van der Waals surface area contributed by atoms with Gasteiger partial charge in [-0.25, -0.2) is 0 Å². The second-order valence-electron chi connectivity index (χ2n) is 4.51. The van der Waals surface area contributed by atoms with Gasteiger partial charge in [-0.05, 0) is 53.4 Å². The number of piperidine rings is 1. The summed E-state index contributed by atoms with van der Waals surface area (Å²) in [5.74, 6) is 0.0274. The first-order valence-corrected chi connectivity index (χ1v) is 7.26. The average molecular weight is 332 g/mol. The van der Waals surface area contributed by atoms with E-state index in [1.807, 2.05) is 4.90 Å². The van der Waals surface area contributed by atoms with Crippen molar-refractivity contribution in [1.82, 2.24) is 4.90 Å². The van der Waals surface area contributed by atoms with Crippen LogP contribution in [0, 0.1) is 0 Å². The minimum absolute atomic E-state index is 0.0274. The van der Waals surface area contributed by atoms with Crippen LogP contribution in [0.4, 0.5) is 0 Å². The maximum absolute atomic E-state index is 12.4. The maximum Gasteiger partial charge on any atom is 0.254 e. The lowest BCUT2D eigenvalue weighted by Crippen LogP contribution is -2.47.